The van der Waals surface area contributed by atoms with Crippen molar-refractivity contribution in [3.8, 4) is 0 Å². The maximum atomic E-state index is 11.2. The highest BCUT2D eigenvalue weighted by Gasteiger charge is 2.26. The van der Waals surface area contributed by atoms with Crippen LogP contribution in [0, 0.1) is 10.1 Å². The first-order chi connectivity index (χ1) is 11.5. The monoisotopic (exact) mass is 342 g/mol. The van der Waals surface area contributed by atoms with Gasteiger partial charge in [-0.15, -0.1) is 0 Å². The highest BCUT2D eigenvalue weighted by atomic mass is 35.5. The van der Waals surface area contributed by atoms with E-state index >= 15 is 0 Å². The van der Waals surface area contributed by atoms with Gasteiger partial charge in [-0.1, -0.05) is 29.8 Å². The second-order valence-corrected chi connectivity index (χ2v) is 5.68. The van der Waals surface area contributed by atoms with E-state index in [-0.39, 0.29) is 16.7 Å². The third-order valence-corrected chi connectivity index (χ3v) is 4.13. The first-order valence-corrected chi connectivity index (χ1v) is 7.43. The van der Waals surface area contributed by atoms with Crippen molar-refractivity contribution in [2.45, 2.75) is 6.17 Å². The Morgan fingerprint density at radius 1 is 1.29 bits per heavy atom. The number of aromatic nitrogens is 2. The van der Waals surface area contributed by atoms with Gasteiger partial charge in [-0.05, 0) is 18.2 Å². The van der Waals surface area contributed by atoms with Crippen molar-refractivity contribution in [2.24, 2.45) is 10.7 Å². The lowest BCUT2D eigenvalue weighted by molar-refractivity contribution is -0.384. The third-order valence-electron chi connectivity index (χ3n) is 3.81. The Morgan fingerprint density at radius 2 is 2.08 bits per heavy atom. The van der Waals surface area contributed by atoms with E-state index in [4.69, 9.17) is 17.3 Å². The number of nitro benzene ring substituents is 1. The second kappa shape index (κ2) is 5.20. The fourth-order valence-electron chi connectivity index (χ4n) is 2.77. The lowest BCUT2D eigenvalue weighted by Crippen LogP contribution is -2.31. The van der Waals surface area contributed by atoms with Crippen LogP contribution in [0.4, 0.5) is 11.6 Å². The lowest BCUT2D eigenvalue weighted by atomic mass is 10.1. The molecular weight excluding hydrogens is 332 g/mol. The number of para-hydroxylation sites is 2. The van der Waals surface area contributed by atoms with Crippen LogP contribution >= 0.6 is 11.6 Å². The summed E-state index contributed by atoms with van der Waals surface area (Å²) in [6.45, 7) is 0. The van der Waals surface area contributed by atoms with Crippen molar-refractivity contribution in [1.82, 2.24) is 9.55 Å². The number of fused-ring (bicyclic) bond motifs is 3. The van der Waals surface area contributed by atoms with Crippen molar-refractivity contribution in [3.63, 3.8) is 0 Å². The van der Waals surface area contributed by atoms with E-state index in [9.17, 15) is 10.1 Å². The van der Waals surface area contributed by atoms with Crippen LogP contribution in [0.1, 0.15) is 11.7 Å². The van der Waals surface area contributed by atoms with Crippen molar-refractivity contribution in [1.29, 1.82) is 0 Å². The molecule has 0 aliphatic carbocycles. The number of aliphatic imine (C=N–C) groups is 1. The standard InChI is InChI=1S/C15H11ClN6O2/c16-9-6-5-8(7-12(9)22(23)24)13-19-14(17)20-15-18-10-3-1-2-4-11(10)21(13)15/h1-7,13H,(H3,17,18,19,20)/t13-/m0/s1. The summed E-state index contributed by atoms with van der Waals surface area (Å²) in [6, 6.07) is 12.1. The molecule has 9 heteroatoms. The number of nitro groups is 1. The van der Waals surface area contributed by atoms with Crippen LogP contribution < -0.4 is 11.1 Å². The quantitative estimate of drug-likeness (QED) is 0.549. The topological polar surface area (TPSA) is 111 Å². The fraction of sp³-hybridized carbons (Fsp3) is 0.0667. The summed E-state index contributed by atoms with van der Waals surface area (Å²) in [5.41, 5.74) is 7.90. The van der Waals surface area contributed by atoms with Gasteiger partial charge in [0.1, 0.15) is 5.02 Å². The molecule has 1 aliphatic rings. The largest absolute Gasteiger partial charge is 0.370 e. The molecule has 0 bridgehead atoms. The zero-order valence-corrected chi connectivity index (χ0v) is 12.9. The third kappa shape index (κ3) is 2.16. The number of benzene rings is 2. The summed E-state index contributed by atoms with van der Waals surface area (Å²) >= 11 is 5.90. The van der Waals surface area contributed by atoms with Gasteiger partial charge >= 0.3 is 0 Å². The molecule has 3 N–H and O–H groups in total. The number of hydrogen-bond donors (Lipinski definition) is 2. The fourth-order valence-corrected chi connectivity index (χ4v) is 2.96. The predicted octanol–water partition coefficient (Wildman–Crippen LogP) is 2.89. The van der Waals surface area contributed by atoms with Gasteiger partial charge in [-0.2, -0.15) is 0 Å². The summed E-state index contributed by atoms with van der Waals surface area (Å²) < 4.78 is 1.85. The van der Waals surface area contributed by atoms with Crippen LogP contribution in [0.3, 0.4) is 0 Å². The Labute approximate surface area is 140 Å². The van der Waals surface area contributed by atoms with Crippen LogP contribution in [0.2, 0.25) is 5.02 Å². The zero-order valence-electron chi connectivity index (χ0n) is 12.2. The van der Waals surface area contributed by atoms with E-state index in [2.05, 4.69) is 15.3 Å². The van der Waals surface area contributed by atoms with E-state index in [1.165, 1.54) is 12.1 Å². The van der Waals surface area contributed by atoms with E-state index in [1.807, 2.05) is 28.8 Å². The Bertz CT molecular complexity index is 1010. The number of rotatable bonds is 2. The molecule has 0 saturated heterocycles. The number of nitrogens with one attached hydrogen (secondary N) is 1. The molecule has 1 atom stereocenters. The smallest absolute Gasteiger partial charge is 0.288 e. The highest BCUT2D eigenvalue weighted by Crippen LogP contribution is 2.35. The van der Waals surface area contributed by atoms with Crippen LogP contribution in [-0.4, -0.2) is 20.4 Å². The van der Waals surface area contributed by atoms with E-state index in [0.717, 1.165) is 11.0 Å². The molecule has 4 rings (SSSR count). The molecule has 0 radical (unpaired) electrons. The van der Waals surface area contributed by atoms with Crippen LogP contribution in [0.15, 0.2) is 47.5 Å². The molecule has 1 aromatic heterocycles. The molecule has 0 saturated carbocycles. The highest BCUT2D eigenvalue weighted by molar-refractivity contribution is 6.32. The molecular formula is C15H11ClN6O2. The Hall–Kier alpha value is -3.13. The van der Waals surface area contributed by atoms with E-state index in [1.54, 1.807) is 6.07 Å². The predicted molar refractivity (Wildman–Crippen MR) is 91.2 cm³/mol. The first-order valence-electron chi connectivity index (χ1n) is 7.05. The van der Waals surface area contributed by atoms with Gasteiger partial charge in [0.2, 0.25) is 5.95 Å². The molecule has 2 heterocycles. The number of anilines is 1. The van der Waals surface area contributed by atoms with E-state index in [0.29, 0.717) is 11.5 Å². The molecule has 3 aromatic rings. The minimum absolute atomic E-state index is 0.0744. The summed E-state index contributed by atoms with van der Waals surface area (Å²) in [5, 5.41) is 14.2. The van der Waals surface area contributed by atoms with Gasteiger partial charge in [-0.25, -0.2) is 9.98 Å². The van der Waals surface area contributed by atoms with Gasteiger partial charge in [0.25, 0.3) is 5.69 Å². The number of nitrogens with zero attached hydrogens (tertiary/aromatic N) is 4. The molecule has 0 amide bonds. The minimum atomic E-state index is -0.565. The van der Waals surface area contributed by atoms with Gasteiger partial charge in [0.05, 0.1) is 16.0 Å². The molecule has 0 fully saturated rings. The van der Waals surface area contributed by atoms with Gasteiger partial charge in [0, 0.05) is 11.6 Å². The number of guanidine groups is 1. The summed E-state index contributed by atoms with van der Waals surface area (Å²) in [6.07, 6.45) is -0.565. The molecule has 120 valence electrons. The second-order valence-electron chi connectivity index (χ2n) is 5.28. The number of imidazole rings is 1. The van der Waals surface area contributed by atoms with Crippen LogP contribution in [0.25, 0.3) is 11.0 Å². The molecule has 0 unspecified atom stereocenters. The minimum Gasteiger partial charge on any atom is -0.370 e. The maximum absolute atomic E-state index is 11.2. The van der Waals surface area contributed by atoms with Crippen molar-refractivity contribution >= 4 is 40.2 Å². The maximum Gasteiger partial charge on any atom is 0.288 e. The van der Waals surface area contributed by atoms with Gasteiger partial charge < -0.3 is 5.73 Å². The Morgan fingerprint density at radius 3 is 2.88 bits per heavy atom. The molecule has 8 nitrogen and oxygen atoms in total. The average molecular weight is 343 g/mol. The average Bonchev–Trinajstić information content (AvgIpc) is 2.92. The number of hydrogen-bond acceptors (Lipinski definition) is 6. The first kappa shape index (κ1) is 14.5. The number of nitrogens with two attached hydrogens (primary N) is 1. The van der Waals surface area contributed by atoms with Gasteiger partial charge in [-0.3, -0.25) is 20.0 Å². The summed E-state index contributed by atoms with van der Waals surface area (Å²) in [5.74, 6) is 0.728. The summed E-state index contributed by atoms with van der Waals surface area (Å²) in [4.78, 5) is 19.5. The molecule has 0 spiro atoms. The lowest BCUT2D eigenvalue weighted by Gasteiger charge is -2.23. The molecule has 2 aromatic carbocycles. The zero-order chi connectivity index (χ0) is 16.8. The number of halogens is 1. The van der Waals surface area contributed by atoms with Gasteiger partial charge in [0.15, 0.2) is 12.1 Å². The van der Waals surface area contributed by atoms with Crippen molar-refractivity contribution in [2.75, 3.05) is 5.32 Å². The molecule has 24 heavy (non-hydrogen) atoms. The van der Waals surface area contributed by atoms with Crippen molar-refractivity contribution < 1.29 is 4.92 Å². The molecule has 1 aliphatic heterocycles. The van der Waals surface area contributed by atoms with E-state index < -0.39 is 11.1 Å². The van der Waals surface area contributed by atoms with Crippen LogP contribution in [-0.2, 0) is 0 Å². The Balaban J connectivity index is 1.94. The SMILES string of the molecule is NC1=N[C@H](c2ccc(Cl)c([N+](=O)[O-])c2)n2c(nc3ccccc32)N1. The normalized spacial score (nSPS) is 16.4. The van der Waals surface area contributed by atoms with Crippen molar-refractivity contribution in [3.05, 3.63) is 63.2 Å². The summed E-state index contributed by atoms with van der Waals surface area (Å²) in [7, 11) is 0. The van der Waals surface area contributed by atoms with Crippen LogP contribution in [0.5, 0.6) is 0 Å². The Kier molecular flexibility index (Phi) is 3.14.